The van der Waals surface area contributed by atoms with Gasteiger partial charge < -0.3 is 10.0 Å². The molecule has 1 aliphatic rings. The van der Waals surface area contributed by atoms with Crippen molar-refractivity contribution >= 4 is 5.82 Å². The largest absolute Gasteiger partial charge is 0.391 e. The summed E-state index contributed by atoms with van der Waals surface area (Å²) in [6.07, 6.45) is 0. The molecule has 0 spiro atoms. The van der Waals surface area contributed by atoms with Crippen molar-refractivity contribution in [1.82, 2.24) is 9.78 Å². The van der Waals surface area contributed by atoms with E-state index in [-0.39, 0.29) is 6.61 Å². The number of hydrogen-bond acceptors (Lipinski definition) is 3. The highest BCUT2D eigenvalue weighted by Crippen LogP contribution is 2.33. The number of aromatic nitrogens is 2. The van der Waals surface area contributed by atoms with Crippen LogP contribution in [0.1, 0.15) is 25.1 Å². The Bertz CT molecular complexity index is 610. The lowest BCUT2D eigenvalue weighted by atomic mass is 10.0. The zero-order valence-corrected chi connectivity index (χ0v) is 13.0. The van der Waals surface area contributed by atoms with E-state index in [1.807, 2.05) is 29.8 Å². The van der Waals surface area contributed by atoms with Crippen LogP contribution in [0.2, 0.25) is 0 Å². The van der Waals surface area contributed by atoms with Gasteiger partial charge in [0.05, 0.1) is 18.0 Å². The maximum absolute atomic E-state index is 9.77. The first-order chi connectivity index (χ1) is 10.1. The average Bonchev–Trinajstić information content (AvgIpc) is 3.00. The molecule has 0 bridgehead atoms. The number of hydrogen-bond donors (Lipinski definition) is 1. The van der Waals surface area contributed by atoms with Crippen LogP contribution in [-0.2, 0) is 6.61 Å². The van der Waals surface area contributed by atoms with E-state index in [1.54, 1.807) is 0 Å². The average molecular weight is 285 g/mol. The van der Waals surface area contributed by atoms with Crippen LogP contribution in [0, 0.1) is 18.8 Å². The molecule has 2 atom stereocenters. The second kappa shape index (κ2) is 5.53. The predicted molar refractivity (Wildman–Crippen MR) is 84.8 cm³/mol. The fourth-order valence-corrected chi connectivity index (χ4v) is 3.11. The van der Waals surface area contributed by atoms with Gasteiger partial charge >= 0.3 is 0 Å². The van der Waals surface area contributed by atoms with Crippen molar-refractivity contribution in [2.45, 2.75) is 27.4 Å². The zero-order chi connectivity index (χ0) is 15.0. The van der Waals surface area contributed by atoms with Gasteiger partial charge in [-0.1, -0.05) is 32.0 Å². The molecule has 3 rings (SSSR count). The Hall–Kier alpha value is -1.81. The Kier molecular flexibility index (Phi) is 3.72. The van der Waals surface area contributed by atoms with E-state index in [1.165, 1.54) is 0 Å². The van der Waals surface area contributed by atoms with Gasteiger partial charge in [-0.15, -0.1) is 0 Å². The molecule has 112 valence electrons. The summed E-state index contributed by atoms with van der Waals surface area (Å²) < 4.78 is 1.98. The summed E-state index contributed by atoms with van der Waals surface area (Å²) in [5, 5.41) is 14.4. The Morgan fingerprint density at radius 1 is 1.14 bits per heavy atom. The Morgan fingerprint density at radius 3 is 2.33 bits per heavy atom. The lowest BCUT2D eigenvalue weighted by molar-refractivity contribution is 0.281. The van der Waals surface area contributed by atoms with Crippen LogP contribution in [-0.4, -0.2) is 28.0 Å². The number of anilines is 1. The van der Waals surface area contributed by atoms with Crippen molar-refractivity contribution < 1.29 is 5.11 Å². The van der Waals surface area contributed by atoms with E-state index in [9.17, 15) is 5.11 Å². The van der Waals surface area contributed by atoms with Gasteiger partial charge in [-0.05, 0) is 30.9 Å². The number of para-hydroxylation sites is 1. The summed E-state index contributed by atoms with van der Waals surface area (Å²) in [7, 11) is 0. The van der Waals surface area contributed by atoms with Crippen molar-refractivity contribution in [2.24, 2.45) is 11.8 Å². The fraction of sp³-hybridized carbons (Fsp3) is 0.471. The third kappa shape index (κ3) is 2.44. The van der Waals surface area contributed by atoms with E-state index in [0.29, 0.717) is 11.8 Å². The summed E-state index contributed by atoms with van der Waals surface area (Å²) in [6.45, 7) is 8.63. The molecule has 1 aromatic heterocycles. The molecule has 4 nitrogen and oxygen atoms in total. The second-order valence-electron chi connectivity index (χ2n) is 6.15. The summed E-state index contributed by atoms with van der Waals surface area (Å²) in [6, 6.07) is 10.2. The molecule has 1 fully saturated rings. The number of benzene rings is 1. The lowest BCUT2D eigenvalue weighted by Gasteiger charge is -2.21. The van der Waals surface area contributed by atoms with E-state index < -0.39 is 0 Å². The normalized spacial score (nSPS) is 22.0. The minimum absolute atomic E-state index is 0.0350. The summed E-state index contributed by atoms with van der Waals surface area (Å²) in [5.41, 5.74) is 2.89. The van der Waals surface area contributed by atoms with E-state index >= 15 is 0 Å². The first-order valence-corrected chi connectivity index (χ1v) is 7.61. The molecule has 0 radical (unpaired) electrons. The molecule has 2 heterocycles. The van der Waals surface area contributed by atoms with Gasteiger partial charge in [0.1, 0.15) is 5.82 Å². The molecule has 1 aliphatic heterocycles. The van der Waals surface area contributed by atoms with Crippen molar-refractivity contribution in [2.75, 3.05) is 18.0 Å². The van der Waals surface area contributed by atoms with Crippen LogP contribution in [0.25, 0.3) is 5.69 Å². The van der Waals surface area contributed by atoms with E-state index in [0.717, 1.165) is 35.9 Å². The quantitative estimate of drug-likeness (QED) is 0.943. The molecule has 2 unspecified atom stereocenters. The minimum Gasteiger partial charge on any atom is -0.391 e. The smallest absolute Gasteiger partial charge is 0.138 e. The first kappa shape index (κ1) is 14.1. The monoisotopic (exact) mass is 285 g/mol. The predicted octanol–water partition coefficient (Wildman–Crippen LogP) is 2.77. The maximum Gasteiger partial charge on any atom is 0.138 e. The van der Waals surface area contributed by atoms with Gasteiger partial charge in [-0.3, -0.25) is 0 Å². The summed E-state index contributed by atoms with van der Waals surface area (Å²) in [4.78, 5) is 2.37. The number of nitrogens with zero attached hydrogens (tertiary/aromatic N) is 3. The van der Waals surface area contributed by atoms with Crippen LogP contribution in [0.15, 0.2) is 30.3 Å². The zero-order valence-electron chi connectivity index (χ0n) is 13.0. The van der Waals surface area contributed by atoms with Gasteiger partial charge in [0.25, 0.3) is 0 Å². The van der Waals surface area contributed by atoms with Crippen molar-refractivity contribution in [1.29, 1.82) is 0 Å². The molecule has 1 aromatic carbocycles. The Balaban J connectivity index is 2.09. The third-order valence-electron chi connectivity index (χ3n) is 4.60. The van der Waals surface area contributed by atoms with Crippen LogP contribution >= 0.6 is 0 Å². The Morgan fingerprint density at radius 2 is 1.76 bits per heavy atom. The molecule has 0 saturated carbocycles. The molecule has 4 heteroatoms. The standard InChI is InChI=1S/C17H23N3O/c1-12-9-19(10-13(12)2)17-16(11-21)14(3)18-20(17)15-7-5-4-6-8-15/h4-8,12-13,21H,9-11H2,1-3H3. The maximum atomic E-state index is 9.77. The van der Waals surface area contributed by atoms with Gasteiger partial charge in [-0.25, -0.2) is 4.68 Å². The number of aliphatic hydroxyl groups excluding tert-OH is 1. The van der Waals surface area contributed by atoms with E-state index in [4.69, 9.17) is 0 Å². The molecular formula is C17H23N3O. The SMILES string of the molecule is Cc1nn(-c2ccccc2)c(N2CC(C)C(C)C2)c1CO. The summed E-state index contributed by atoms with van der Waals surface area (Å²) in [5.74, 6) is 2.38. The molecule has 0 amide bonds. The highest BCUT2D eigenvalue weighted by atomic mass is 16.3. The van der Waals surface area contributed by atoms with Crippen LogP contribution < -0.4 is 4.90 Å². The lowest BCUT2D eigenvalue weighted by Crippen LogP contribution is -2.24. The molecule has 1 N–H and O–H groups in total. The second-order valence-corrected chi connectivity index (χ2v) is 6.15. The minimum atomic E-state index is 0.0350. The molecular weight excluding hydrogens is 262 g/mol. The van der Waals surface area contributed by atoms with Crippen LogP contribution in [0.3, 0.4) is 0 Å². The third-order valence-corrected chi connectivity index (χ3v) is 4.60. The Labute approximate surface area is 126 Å². The van der Waals surface area contributed by atoms with E-state index in [2.05, 4.69) is 36.0 Å². The van der Waals surface area contributed by atoms with Gasteiger partial charge in [-0.2, -0.15) is 5.10 Å². The summed E-state index contributed by atoms with van der Waals surface area (Å²) >= 11 is 0. The van der Waals surface area contributed by atoms with Gasteiger partial charge in [0, 0.05) is 18.7 Å². The molecule has 21 heavy (non-hydrogen) atoms. The molecule has 1 saturated heterocycles. The van der Waals surface area contributed by atoms with Crippen LogP contribution in [0.5, 0.6) is 0 Å². The van der Waals surface area contributed by atoms with Crippen LogP contribution in [0.4, 0.5) is 5.82 Å². The topological polar surface area (TPSA) is 41.3 Å². The number of aryl methyl sites for hydroxylation is 1. The fourth-order valence-electron chi connectivity index (χ4n) is 3.11. The number of rotatable bonds is 3. The van der Waals surface area contributed by atoms with Crippen molar-refractivity contribution in [3.8, 4) is 5.69 Å². The van der Waals surface area contributed by atoms with Crippen molar-refractivity contribution in [3.05, 3.63) is 41.6 Å². The number of aliphatic hydroxyl groups is 1. The molecule has 2 aromatic rings. The highest BCUT2D eigenvalue weighted by Gasteiger charge is 2.31. The van der Waals surface area contributed by atoms with Crippen molar-refractivity contribution in [3.63, 3.8) is 0 Å². The van der Waals surface area contributed by atoms with Gasteiger partial charge in [0.15, 0.2) is 0 Å². The molecule has 0 aliphatic carbocycles. The highest BCUT2D eigenvalue weighted by molar-refractivity contribution is 5.55. The van der Waals surface area contributed by atoms with Gasteiger partial charge in [0.2, 0.25) is 0 Å². The first-order valence-electron chi connectivity index (χ1n) is 7.61.